The fraction of sp³-hybridized carbons (Fsp3) is 0.100. The van der Waals surface area contributed by atoms with Crippen LogP contribution in [0.2, 0.25) is 0 Å². The maximum absolute atomic E-state index is 13.3. The van der Waals surface area contributed by atoms with Crippen LogP contribution in [0.25, 0.3) is 0 Å². The number of hydrogen-bond acceptors (Lipinski definition) is 5. The molecule has 0 radical (unpaired) electrons. The van der Waals surface area contributed by atoms with Gasteiger partial charge < -0.3 is 5.32 Å². The second-order valence-electron chi connectivity index (χ2n) is 3.17. The zero-order chi connectivity index (χ0) is 12.3. The molecular formula is C10H8FN3O2S. The van der Waals surface area contributed by atoms with E-state index in [4.69, 9.17) is 0 Å². The van der Waals surface area contributed by atoms with Crippen molar-refractivity contribution in [1.82, 2.24) is 4.98 Å². The lowest BCUT2D eigenvalue weighted by molar-refractivity contribution is -0.386. The molecule has 0 saturated carbocycles. The molecule has 0 fully saturated rings. The van der Waals surface area contributed by atoms with Crippen molar-refractivity contribution < 1.29 is 9.31 Å². The van der Waals surface area contributed by atoms with Crippen LogP contribution in [-0.2, 0) is 6.54 Å². The van der Waals surface area contributed by atoms with E-state index in [1.54, 1.807) is 11.6 Å². The molecule has 5 nitrogen and oxygen atoms in total. The number of nitrogens with zero attached hydrogens (tertiary/aromatic N) is 2. The number of benzene rings is 1. The van der Waals surface area contributed by atoms with Gasteiger partial charge in [0, 0.05) is 11.6 Å². The molecule has 1 heterocycles. The van der Waals surface area contributed by atoms with Gasteiger partial charge in [-0.15, -0.1) is 11.3 Å². The largest absolute Gasteiger partial charge is 0.373 e. The number of hydrogen-bond donors (Lipinski definition) is 1. The van der Waals surface area contributed by atoms with Crippen LogP contribution >= 0.6 is 11.3 Å². The van der Waals surface area contributed by atoms with Gasteiger partial charge in [-0.05, 0) is 12.1 Å². The molecule has 7 heteroatoms. The van der Waals surface area contributed by atoms with Gasteiger partial charge in [0.1, 0.15) is 10.7 Å². The Morgan fingerprint density at radius 2 is 2.35 bits per heavy atom. The monoisotopic (exact) mass is 253 g/mol. The lowest BCUT2D eigenvalue weighted by Crippen LogP contribution is -2.03. The van der Waals surface area contributed by atoms with E-state index in [2.05, 4.69) is 10.3 Å². The summed E-state index contributed by atoms with van der Waals surface area (Å²) in [7, 11) is 0. The topological polar surface area (TPSA) is 68.1 Å². The smallest absolute Gasteiger partial charge is 0.327 e. The van der Waals surface area contributed by atoms with Gasteiger partial charge in [0.25, 0.3) is 0 Å². The molecule has 0 amide bonds. The highest BCUT2D eigenvalue weighted by Crippen LogP contribution is 2.27. The van der Waals surface area contributed by atoms with Crippen molar-refractivity contribution >= 4 is 22.7 Å². The van der Waals surface area contributed by atoms with Gasteiger partial charge in [-0.3, -0.25) is 10.1 Å². The minimum Gasteiger partial charge on any atom is -0.373 e. The minimum atomic E-state index is -0.848. The van der Waals surface area contributed by atoms with E-state index < -0.39 is 16.4 Å². The fourth-order valence-corrected chi connectivity index (χ4v) is 1.91. The van der Waals surface area contributed by atoms with Gasteiger partial charge in [-0.1, -0.05) is 6.07 Å². The van der Waals surface area contributed by atoms with Gasteiger partial charge in [-0.25, -0.2) is 4.98 Å². The average molecular weight is 253 g/mol. The minimum absolute atomic E-state index is 0.158. The summed E-state index contributed by atoms with van der Waals surface area (Å²) in [6.07, 6.45) is 1.64. The van der Waals surface area contributed by atoms with Crippen molar-refractivity contribution in [3.05, 3.63) is 50.7 Å². The number of anilines is 1. The van der Waals surface area contributed by atoms with Crippen molar-refractivity contribution in [2.24, 2.45) is 0 Å². The molecule has 0 spiro atoms. The summed E-state index contributed by atoms with van der Waals surface area (Å²) in [6, 6.07) is 3.95. The van der Waals surface area contributed by atoms with Gasteiger partial charge in [0.05, 0.1) is 11.5 Å². The van der Waals surface area contributed by atoms with Gasteiger partial charge >= 0.3 is 5.69 Å². The van der Waals surface area contributed by atoms with E-state index in [1.807, 2.05) is 0 Å². The van der Waals surface area contributed by atoms with Crippen molar-refractivity contribution in [1.29, 1.82) is 0 Å². The Morgan fingerprint density at radius 3 is 3.00 bits per heavy atom. The third kappa shape index (κ3) is 2.56. The molecule has 1 aromatic carbocycles. The standard InChI is InChI=1S/C10H8FN3O2S/c11-7-2-1-3-8(10(7)14(15)16)13-6-9-12-4-5-17-9/h1-5,13H,6H2. The summed E-state index contributed by atoms with van der Waals surface area (Å²) in [6.45, 7) is 0.335. The molecule has 2 aromatic rings. The molecule has 2 rings (SSSR count). The summed E-state index contributed by atoms with van der Waals surface area (Å²) in [5.74, 6) is -0.848. The molecule has 0 unspecified atom stereocenters. The summed E-state index contributed by atoms with van der Waals surface area (Å²) in [5.41, 5.74) is -0.380. The SMILES string of the molecule is O=[N+]([O-])c1c(F)cccc1NCc1nccs1. The van der Waals surface area contributed by atoms with Crippen LogP contribution in [0.5, 0.6) is 0 Å². The number of rotatable bonds is 4. The lowest BCUT2D eigenvalue weighted by atomic mass is 10.2. The summed E-state index contributed by atoms with van der Waals surface area (Å²) < 4.78 is 13.3. The van der Waals surface area contributed by atoms with Crippen LogP contribution in [0.3, 0.4) is 0 Å². The maximum Gasteiger partial charge on any atom is 0.327 e. The van der Waals surface area contributed by atoms with Crippen LogP contribution in [0.4, 0.5) is 15.8 Å². The van der Waals surface area contributed by atoms with E-state index in [0.29, 0.717) is 6.54 Å². The Bertz CT molecular complexity index is 530. The first-order valence-corrected chi connectivity index (χ1v) is 5.61. The van der Waals surface area contributed by atoms with Crippen molar-refractivity contribution in [3.8, 4) is 0 Å². The molecule has 0 bridgehead atoms. The number of aromatic nitrogens is 1. The number of nitro benzene ring substituents is 1. The van der Waals surface area contributed by atoms with Crippen molar-refractivity contribution in [2.45, 2.75) is 6.54 Å². The Morgan fingerprint density at radius 1 is 1.53 bits per heavy atom. The molecule has 88 valence electrons. The van der Waals surface area contributed by atoms with Crippen molar-refractivity contribution in [2.75, 3.05) is 5.32 Å². The number of nitro groups is 1. The van der Waals surface area contributed by atoms with Gasteiger partial charge in [-0.2, -0.15) is 4.39 Å². The van der Waals surface area contributed by atoms with E-state index >= 15 is 0 Å². The molecule has 0 atom stereocenters. The number of para-hydroxylation sites is 1. The fourth-order valence-electron chi connectivity index (χ4n) is 1.35. The van der Waals surface area contributed by atoms with Crippen LogP contribution in [0.15, 0.2) is 29.8 Å². The van der Waals surface area contributed by atoms with E-state index in [1.165, 1.54) is 23.5 Å². The quantitative estimate of drug-likeness (QED) is 0.672. The summed E-state index contributed by atoms with van der Waals surface area (Å²) >= 11 is 1.42. The highest BCUT2D eigenvalue weighted by atomic mass is 32.1. The number of halogens is 1. The average Bonchev–Trinajstić information content (AvgIpc) is 2.78. The first kappa shape index (κ1) is 11.5. The zero-order valence-electron chi connectivity index (χ0n) is 8.59. The summed E-state index contributed by atoms with van der Waals surface area (Å²) in [5, 5.41) is 16.1. The van der Waals surface area contributed by atoms with Crippen LogP contribution in [-0.4, -0.2) is 9.91 Å². The number of nitrogens with one attached hydrogen (secondary N) is 1. The normalized spacial score (nSPS) is 10.2. The predicted molar refractivity (Wildman–Crippen MR) is 62.5 cm³/mol. The summed E-state index contributed by atoms with van der Waals surface area (Å²) in [4.78, 5) is 14.0. The van der Waals surface area contributed by atoms with Crippen molar-refractivity contribution in [3.63, 3.8) is 0 Å². The molecular weight excluding hydrogens is 245 g/mol. The molecule has 1 aromatic heterocycles. The van der Waals surface area contributed by atoms with Crippen LogP contribution in [0, 0.1) is 15.9 Å². The highest BCUT2D eigenvalue weighted by Gasteiger charge is 2.19. The Kier molecular flexibility index (Phi) is 3.29. The van der Waals surface area contributed by atoms with E-state index in [0.717, 1.165) is 11.1 Å². The third-order valence-corrected chi connectivity index (χ3v) is 2.86. The van der Waals surface area contributed by atoms with Crippen LogP contribution < -0.4 is 5.32 Å². The van der Waals surface area contributed by atoms with E-state index in [9.17, 15) is 14.5 Å². The lowest BCUT2D eigenvalue weighted by Gasteiger charge is -2.05. The second kappa shape index (κ2) is 4.88. The van der Waals surface area contributed by atoms with Crippen LogP contribution in [0.1, 0.15) is 5.01 Å². The highest BCUT2D eigenvalue weighted by molar-refractivity contribution is 7.09. The second-order valence-corrected chi connectivity index (χ2v) is 4.15. The molecule has 0 saturated heterocycles. The maximum atomic E-state index is 13.3. The zero-order valence-corrected chi connectivity index (χ0v) is 9.41. The first-order chi connectivity index (χ1) is 8.18. The van der Waals surface area contributed by atoms with Gasteiger partial charge in [0.15, 0.2) is 0 Å². The van der Waals surface area contributed by atoms with Gasteiger partial charge in [0.2, 0.25) is 5.82 Å². The molecule has 17 heavy (non-hydrogen) atoms. The Labute approximate surface area is 100 Å². The van der Waals surface area contributed by atoms with E-state index in [-0.39, 0.29) is 5.69 Å². The Balaban J connectivity index is 2.21. The Hall–Kier alpha value is -2.02. The first-order valence-electron chi connectivity index (χ1n) is 4.73. The molecule has 0 aliphatic heterocycles. The predicted octanol–water partition coefficient (Wildman–Crippen LogP) is 2.80. The molecule has 0 aliphatic carbocycles. The third-order valence-electron chi connectivity index (χ3n) is 2.08. The number of thiazole rings is 1. The molecule has 1 N–H and O–H groups in total. The molecule has 0 aliphatic rings.